The summed E-state index contributed by atoms with van der Waals surface area (Å²) < 4.78 is 11.3. The molecule has 3 rings (SSSR count). The molecular formula is C20H29NOSi. The molecular weight excluding hydrogens is 298 g/mol. The van der Waals surface area contributed by atoms with E-state index in [0.717, 1.165) is 19.6 Å². The molecule has 1 aliphatic carbocycles. The maximum absolute atomic E-state index is 5.82. The SMILES string of the molecule is CC[Si](CC)(CC)/N=C1\CC2(C)COCC2=C1c1ccccc1. The van der Waals surface area contributed by atoms with Crippen LogP contribution in [0.25, 0.3) is 5.57 Å². The van der Waals surface area contributed by atoms with Crippen LogP contribution in [0.5, 0.6) is 0 Å². The highest BCUT2D eigenvalue weighted by molar-refractivity contribution is 6.79. The van der Waals surface area contributed by atoms with Gasteiger partial charge < -0.3 is 9.39 Å². The largest absolute Gasteiger partial charge is 0.376 e. The summed E-state index contributed by atoms with van der Waals surface area (Å²) in [6.45, 7) is 11.0. The zero-order valence-electron chi connectivity index (χ0n) is 15.0. The van der Waals surface area contributed by atoms with E-state index in [2.05, 4.69) is 58.0 Å². The average Bonchev–Trinajstić information content (AvgIpc) is 3.06. The van der Waals surface area contributed by atoms with Crippen LogP contribution in [0.3, 0.4) is 0 Å². The Bertz CT molecular complexity index is 622. The Labute approximate surface area is 141 Å². The Morgan fingerprint density at radius 3 is 2.35 bits per heavy atom. The van der Waals surface area contributed by atoms with Crippen LogP contribution in [0.1, 0.15) is 39.7 Å². The fourth-order valence-corrected chi connectivity index (χ4v) is 6.86. The lowest BCUT2D eigenvalue weighted by molar-refractivity contribution is 0.162. The molecule has 0 N–H and O–H groups in total. The van der Waals surface area contributed by atoms with Crippen molar-refractivity contribution in [3.05, 3.63) is 41.5 Å². The molecule has 0 spiro atoms. The number of allylic oxidation sites excluding steroid dienone is 1. The van der Waals surface area contributed by atoms with E-state index < -0.39 is 8.24 Å². The Morgan fingerprint density at radius 2 is 1.74 bits per heavy atom. The van der Waals surface area contributed by atoms with Crippen LogP contribution in [-0.4, -0.2) is 27.2 Å². The molecule has 1 unspecified atom stereocenters. The average molecular weight is 328 g/mol. The lowest BCUT2D eigenvalue weighted by Crippen LogP contribution is -2.31. The zero-order valence-corrected chi connectivity index (χ0v) is 16.0. The van der Waals surface area contributed by atoms with E-state index in [4.69, 9.17) is 9.39 Å². The van der Waals surface area contributed by atoms with Gasteiger partial charge >= 0.3 is 0 Å². The van der Waals surface area contributed by atoms with Crippen LogP contribution in [-0.2, 0) is 4.74 Å². The summed E-state index contributed by atoms with van der Waals surface area (Å²) in [6.07, 6.45) is 1.06. The molecule has 0 radical (unpaired) electrons. The Morgan fingerprint density at radius 1 is 1.09 bits per heavy atom. The van der Waals surface area contributed by atoms with Crippen molar-refractivity contribution in [2.24, 2.45) is 10.1 Å². The van der Waals surface area contributed by atoms with Crippen LogP contribution in [0.4, 0.5) is 0 Å². The summed E-state index contributed by atoms with van der Waals surface area (Å²) in [5.41, 5.74) is 5.74. The van der Waals surface area contributed by atoms with E-state index in [0.29, 0.717) is 0 Å². The number of benzene rings is 1. The van der Waals surface area contributed by atoms with Crippen molar-refractivity contribution in [1.29, 1.82) is 0 Å². The van der Waals surface area contributed by atoms with E-state index >= 15 is 0 Å². The van der Waals surface area contributed by atoms with Gasteiger partial charge in [0.05, 0.1) is 13.2 Å². The standard InChI is InChI=1S/C20H29NOSi/c1-5-23(6-2,7-3)21-18-13-20(4)15-22-14-17(20)19(18)16-11-9-8-10-12-16/h8-12H,5-7,13-15H2,1-4H3/b21-18+. The van der Waals surface area contributed by atoms with Crippen molar-refractivity contribution in [2.45, 2.75) is 52.2 Å². The van der Waals surface area contributed by atoms with Crippen molar-refractivity contribution in [3.63, 3.8) is 0 Å². The summed E-state index contributed by atoms with van der Waals surface area (Å²) in [6, 6.07) is 14.6. The minimum absolute atomic E-state index is 0.166. The summed E-state index contributed by atoms with van der Waals surface area (Å²) in [5.74, 6) is 0. The molecule has 1 heterocycles. The van der Waals surface area contributed by atoms with E-state index in [1.807, 2.05) is 0 Å². The molecule has 1 aromatic rings. The second kappa shape index (κ2) is 6.37. The quantitative estimate of drug-likeness (QED) is 0.670. The molecule has 0 aromatic heterocycles. The van der Waals surface area contributed by atoms with E-state index in [1.165, 1.54) is 40.6 Å². The number of rotatable bonds is 5. The third-order valence-electron chi connectivity index (χ3n) is 5.95. The molecule has 1 saturated heterocycles. The van der Waals surface area contributed by atoms with Crippen molar-refractivity contribution in [2.75, 3.05) is 13.2 Å². The molecule has 1 fully saturated rings. The smallest absolute Gasteiger partial charge is 0.180 e. The van der Waals surface area contributed by atoms with Crippen LogP contribution in [0.2, 0.25) is 18.1 Å². The molecule has 1 aromatic carbocycles. The van der Waals surface area contributed by atoms with Gasteiger partial charge in [0.1, 0.15) is 0 Å². The molecule has 0 bridgehead atoms. The normalized spacial score (nSPS) is 26.2. The van der Waals surface area contributed by atoms with Gasteiger partial charge in [-0.3, -0.25) is 0 Å². The van der Waals surface area contributed by atoms with E-state index in [9.17, 15) is 0 Å². The first-order chi connectivity index (χ1) is 11.1. The lowest BCUT2D eigenvalue weighted by atomic mass is 9.86. The predicted octanol–water partition coefficient (Wildman–Crippen LogP) is 5.33. The van der Waals surface area contributed by atoms with Gasteiger partial charge in [0, 0.05) is 23.1 Å². The third kappa shape index (κ3) is 2.85. The molecule has 124 valence electrons. The number of ether oxygens (including phenoxy) is 1. The summed E-state index contributed by atoms with van der Waals surface area (Å²) >= 11 is 0. The summed E-state index contributed by atoms with van der Waals surface area (Å²) in [5, 5.41) is 0. The van der Waals surface area contributed by atoms with Crippen LogP contribution >= 0.6 is 0 Å². The summed E-state index contributed by atoms with van der Waals surface area (Å²) in [7, 11) is -1.52. The van der Waals surface area contributed by atoms with Crippen LogP contribution < -0.4 is 0 Å². The molecule has 3 heteroatoms. The number of nitrogens with zero attached hydrogens (tertiary/aromatic N) is 1. The first-order valence-corrected chi connectivity index (χ1v) is 11.6. The Hall–Kier alpha value is -1.19. The van der Waals surface area contributed by atoms with Crippen molar-refractivity contribution in [3.8, 4) is 0 Å². The van der Waals surface area contributed by atoms with Gasteiger partial charge in [0.2, 0.25) is 0 Å². The molecule has 23 heavy (non-hydrogen) atoms. The highest BCUT2D eigenvalue weighted by Crippen LogP contribution is 2.49. The first kappa shape index (κ1) is 16.7. The molecule has 0 amide bonds. The maximum atomic E-state index is 5.82. The van der Waals surface area contributed by atoms with Gasteiger partial charge in [-0.1, -0.05) is 58.0 Å². The van der Waals surface area contributed by atoms with Crippen molar-refractivity contribution in [1.82, 2.24) is 0 Å². The van der Waals surface area contributed by atoms with Crippen molar-refractivity contribution < 1.29 is 4.74 Å². The minimum Gasteiger partial charge on any atom is -0.376 e. The molecule has 2 aliphatic rings. The summed E-state index contributed by atoms with van der Waals surface area (Å²) in [4.78, 5) is 0. The van der Waals surface area contributed by atoms with Gasteiger partial charge in [-0.15, -0.1) is 0 Å². The highest BCUT2D eigenvalue weighted by Gasteiger charge is 2.45. The third-order valence-corrected chi connectivity index (χ3v) is 10.6. The Kier molecular flexibility index (Phi) is 4.61. The van der Waals surface area contributed by atoms with Gasteiger partial charge in [-0.25, -0.2) is 0 Å². The molecule has 1 aliphatic heterocycles. The van der Waals surface area contributed by atoms with Gasteiger partial charge in [-0.05, 0) is 29.3 Å². The van der Waals surface area contributed by atoms with E-state index in [1.54, 1.807) is 0 Å². The van der Waals surface area contributed by atoms with E-state index in [-0.39, 0.29) is 5.41 Å². The second-order valence-electron chi connectivity index (χ2n) is 7.29. The molecule has 1 atom stereocenters. The topological polar surface area (TPSA) is 21.6 Å². The fourth-order valence-electron chi connectivity index (χ4n) is 4.12. The zero-order chi connectivity index (χ0) is 16.5. The van der Waals surface area contributed by atoms with Gasteiger partial charge in [-0.2, -0.15) is 0 Å². The predicted molar refractivity (Wildman–Crippen MR) is 102 cm³/mol. The Balaban J connectivity index is 2.13. The number of fused-ring (bicyclic) bond motifs is 1. The second-order valence-corrected chi connectivity index (χ2v) is 12.1. The molecule has 2 nitrogen and oxygen atoms in total. The number of hydrogen-bond donors (Lipinski definition) is 0. The van der Waals surface area contributed by atoms with Crippen LogP contribution in [0, 0.1) is 5.41 Å². The maximum Gasteiger partial charge on any atom is 0.180 e. The molecule has 0 saturated carbocycles. The van der Waals surface area contributed by atoms with Crippen molar-refractivity contribution >= 4 is 19.5 Å². The first-order valence-electron chi connectivity index (χ1n) is 9.03. The number of hydrogen-bond acceptors (Lipinski definition) is 2. The van der Waals surface area contributed by atoms with Gasteiger partial charge in [0.25, 0.3) is 0 Å². The van der Waals surface area contributed by atoms with Gasteiger partial charge in [0.15, 0.2) is 8.24 Å². The fraction of sp³-hybridized carbons (Fsp3) is 0.550. The minimum atomic E-state index is -1.52. The van der Waals surface area contributed by atoms with Crippen LogP contribution in [0.15, 0.2) is 40.6 Å². The highest BCUT2D eigenvalue weighted by atomic mass is 28.3. The lowest BCUT2D eigenvalue weighted by Gasteiger charge is -2.25. The monoisotopic (exact) mass is 327 g/mol.